The monoisotopic (exact) mass is 348 g/mol. The molecule has 8 heteroatoms. The highest BCUT2D eigenvalue weighted by Crippen LogP contribution is 2.24. The quantitative estimate of drug-likeness (QED) is 0.504. The number of hydrazone groups is 1. The topological polar surface area (TPSA) is 83.5 Å². The lowest BCUT2D eigenvalue weighted by Gasteiger charge is -2.00. The fourth-order valence-corrected chi connectivity index (χ4v) is 2.66. The summed E-state index contributed by atoms with van der Waals surface area (Å²) in [4.78, 5) is 27.3. The molecule has 1 aliphatic carbocycles. The lowest BCUT2D eigenvalue weighted by molar-refractivity contribution is -0.139. The third kappa shape index (κ3) is 4.37. The zero-order chi connectivity index (χ0) is 16.2. The van der Waals surface area contributed by atoms with E-state index in [-0.39, 0.29) is 6.04 Å². The maximum atomic E-state index is 11.5. The van der Waals surface area contributed by atoms with E-state index in [1.54, 1.807) is 12.1 Å². The molecule has 2 amide bonds. The van der Waals surface area contributed by atoms with Crippen LogP contribution in [-0.4, -0.2) is 29.1 Å². The van der Waals surface area contributed by atoms with Crippen LogP contribution in [0.2, 0.25) is 5.02 Å². The molecule has 2 N–H and O–H groups in total. The number of nitrogens with zero attached hydrogens (tertiary/aromatic N) is 2. The summed E-state index contributed by atoms with van der Waals surface area (Å²) in [6.07, 6.45) is 3.25. The lowest BCUT2D eigenvalue weighted by Crippen LogP contribution is -2.38. The second-order valence-electron chi connectivity index (χ2n) is 5.03. The molecule has 0 atom stereocenters. The number of thiazole rings is 1. The molecule has 118 valence electrons. The molecule has 0 unspecified atom stereocenters. The van der Waals surface area contributed by atoms with Crippen molar-refractivity contribution in [1.29, 1.82) is 0 Å². The van der Waals surface area contributed by atoms with Gasteiger partial charge in [0.15, 0.2) is 0 Å². The molecule has 1 aliphatic rings. The summed E-state index contributed by atoms with van der Waals surface area (Å²) in [5.41, 5.74) is 3.74. The molecule has 6 nitrogen and oxygen atoms in total. The predicted molar refractivity (Wildman–Crippen MR) is 89.5 cm³/mol. The Morgan fingerprint density at radius 2 is 2.00 bits per heavy atom. The average Bonchev–Trinajstić information content (AvgIpc) is 3.23. The molecule has 2 aromatic rings. The van der Waals surface area contributed by atoms with Crippen molar-refractivity contribution >= 4 is 41.0 Å². The lowest BCUT2D eigenvalue weighted by atomic mass is 10.2. The van der Waals surface area contributed by atoms with Gasteiger partial charge in [-0.05, 0) is 25.0 Å². The molecule has 0 saturated heterocycles. The van der Waals surface area contributed by atoms with Crippen LogP contribution in [0.4, 0.5) is 0 Å². The van der Waals surface area contributed by atoms with Crippen LogP contribution in [-0.2, 0) is 9.59 Å². The van der Waals surface area contributed by atoms with Crippen LogP contribution in [0.3, 0.4) is 0 Å². The molecule has 0 radical (unpaired) electrons. The number of amides is 2. The van der Waals surface area contributed by atoms with Gasteiger partial charge in [-0.25, -0.2) is 10.4 Å². The van der Waals surface area contributed by atoms with E-state index in [2.05, 4.69) is 20.8 Å². The van der Waals surface area contributed by atoms with Gasteiger partial charge in [0.1, 0.15) is 5.01 Å². The third-order valence-corrected chi connectivity index (χ3v) is 4.26. The first-order valence-electron chi connectivity index (χ1n) is 6.97. The summed E-state index contributed by atoms with van der Waals surface area (Å²) in [5, 5.41) is 9.63. The van der Waals surface area contributed by atoms with Crippen LogP contribution in [0.15, 0.2) is 34.7 Å². The SMILES string of the molecule is O=C(N/N=C\c1csc(-c2ccc(Cl)cc2)n1)C(=O)NC1CC1. The molecule has 0 aliphatic heterocycles. The van der Waals surface area contributed by atoms with Crippen LogP contribution in [0.5, 0.6) is 0 Å². The van der Waals surface area contributed by atoms with Crippen molar-refractivity contribution in [3.63, 3.8) is 0 Å². The number of halogens is 1. The number of hydrogen-bond acceptors (Lipinski definition) is 5. The van der Waals surface area contributed by atoms with E-state index in [1.165, 1.54) is 17.6 Å². The van der Waals surface area contributed by atoms with Gasteiger partial charge < -0.3 is 5.32 Å². The second-order valence-corrected chi connectivity index (χ2v) is 6.33. The van der Waals surface area contributed by atoms with Gasteiger partial charge in [0.2, 0.25) is 0 Å². The first-order chi connectivity index (χ1) is 11.1. The smallest absolute Gasteiger partial charge is 0.329 e. The van der Waals surface area contributed by atoms with E-state index >= 15 is 0 Å². The number of nitrogens with one attached hydrogen (secondary N) is 2. The number of hydrogen-bond donors (Lipinski definition) is 2. The zero-order valence-corrected chi connectivity index (χ0v) is 13.5. The minimum atomic E-state index is -0.777. The normalized spacial score (nSPS) is 14.0. The average molecular weight is 349 g/mol. The van der Waals surface area contributed by atoms with E-state index in [9.17, 15) is 9.59 Å². The summed E-state index contributed by atoms with van der Waals surface area (Å²) in [6, 6.07) is 7.49. The molecular formula is C15H13ClN4O2S. The van der Waals surface area contributed by atoms with Crippen molar-refractivity contribution in [2.75, 3.05) is 0 Å². The first-order valence-corrected chi connectivity index (χ1v) is 8.23. The largest absolute Gasteiger partial charge is 0.345 e. The van der Waals surface area contributed by atoms with Crippen molar-refractivity contribution in [3.8, 4) is 10.6 Å². The van der Waals surface area contributed by atoms with Gasteiger partial charge in [-0.15, -0.1) is 11.3 Å². The third-order valence-electron chi connectivity index (χ3n) is 3.09. The summed E-state index contributed by atoms with van der Waals surface area (Å²) in [6.45, 7) is 0. The summed E-state index contributed by atoms with van der Waals surface area (Å²) in [7, 11) is 0. The Balaban J connectivity index is 1.56. The van der Waals surface area contributed by atoms with Crippen molar-refractivity contribution in [3.05, 3.63) is 40.4 Å². The fourth-order valence-electron chi connectivity index (χ4n) is 1.76. The Kier molecular flexibility index (Phi) is 4.68. The number of aromatic nitrogens is 1. The minimum absolute atomic E-state index is 0.137. The van der Waals surface area contributed by atoms with Gasteiger partial charge >= 0.3 is 11.8 Å². The van der Waals surface area contributed by atoms with Crippen LogP contribution < -0.4 is 10.7 Å². The number of carbonyl (C=O) groups is 2. The van der Waals surface area contributed by atoms with Gasteiger partial charge in [0.25, 0.3) is 0 Å². The zero-order valence-electron chi connectivity index (χ0n) is 12.0. The van der Waals surface area contributed by atoms with Gasteiger partial charge in [-0.1, -0.05) is 23.7 Å². The van der Waals surface area contributed by atoms with Gasteiger partial charge in [-0.2, -0.15) is 5.10 Å². The van der Waals surface area contributed by atoms with Crippen molar-refractivity contribution in [2.45, 2.75) is 18.9 Å². The van der Waals surface area contributed by atoms with Gasteiger partial charge in [-0.3, -0.25) is 9.59 Å². The van der Waals surface area contributed by atoms with E-state index in [0.717, 1.165) is 23.4 Å². The Labute approximate surface area is 141 Å². The number of rotatable bonds is 4. The van der Waals surface area contributed by atoms with Crippen molar-refractivity contribution in [1.82, 2.24) is 15.7 Å². The highest BCUT2D eigenvalue weighted by molar-refractivity contribution is 7.13. The van der Waals surface area contributed by atoms with Crippen LogP contribution in [0.25, 0.3) is 10.6 Å². The molecule has 0 bridgehead atoms. The van der Waals surface area contributed by atoms with Crippen molar-refractivity contribution < 1.29 is 9.59 Å². The van der Waals surface area contributed by atoms with E-state index < -0.39 is 11.8 Å². The van der Waals surface area contributed by atoms with E-state index in [0.29, 0.717) is 10.7 Å². The molecule has 1 heterocycles. The molecule has 23 heavy (non-hydrogen) atoms. The minimum Gasteiger partial charge on any atom is -0.345 e. The highest BCUT2D eigenvalue weighted by atomic mass is 35.5. The highest BCUT2D eigenvalue weighted by Gasteiger charge is 2.26. The van der Waals surface area contributed by atoms with Crippen LogP contribution in [0, 0.1) is 0 Å². The van der Waals surface area contributed by atoms with Crippen LogP contribution in [0.1, 0.15) is 18.5 Å². The second kappa shape index (κ2) is 6.89. The summed E-state index contributed by atoms with van der Waals surface area (Å²) in [5.74, 6) is -1.44. The summed E-state index contributed by atoms with van der Waals surface area (Å²) >= 11 is 7.31. The maximum absolute atomic E-state index is 11.5. The molecule has 1 aromatic heterocycles. The van der Waals surface area contributed by atoms with Gasteiger partial charge in [0, 0.05) is 22.0 Å². The fraction of sp³-hybridized carbons (Fsp3) is 0.200. The van der Waals surface area contributed by atoms with Crippen LogP contribution >= 0.6 is 22.9 Å². The molecule has 3 rings (SSSR count). The van der Waals surface area contributed by atoms with Crippen molar-refractivity contribution in [2.24, 2.45) is 5.10 Å². The molecule has 0 spiro atoms. The number of benzene rings is 1. The molecule has 1 aromatic carbocycles. The Morgan fingerprint density at radius 3 is 2.70 bits per heavy atom. The van der Waals surface area contributed by atoms with E-state index in [1.807, 2.05) is 17.5 Å². The molecule has 1 fully saturated rings. The van der Waals surface area contributed by atoms with E-state index in [4.69, 9.17) is 11.6 Å². The number of carbonyl (C=O) groups excluding carboxylic acids is 2. The predicted octanol–water partition coefficient (Wildman–Crippen LogP) is 2.19. The first kappa shape index (κ1) is 15.6. The Bertz CT molecular complexity index is 753. The molecule has 1 saturated carbocycles. The Hall–Kier alpha value is -2.25. The maximum Gasteiger partial charge on any atom is 0.329 e. The standard InChI is InChI=1S/C15H13ClN4O2S/c16-10-3-1-9(2-4-10)15-19-12(8-23-15)7-17-20-14(22)13(21)18-11-5-6-11/h1-4,7-8,11H,5-6H2,(H,18,21)(H,20,22)/b17-7-. The Morgan fingerprint density at radius 1 is 1.26 bits per heavy atom. The molecular weight excluding hydrogens is 336 g/mol. The summed E-state index contributed by atoms with van der Waals surface area (Å²) < 4.78 is 0. The van der Waals surface area contributed by atoms with Gasteiger partial charge in [0.05, 0.1) is 11.9 Å².